The van der Waals surface area contributed by atoms with Gasteiger partial charge in [0.25, 0.3) is 0 Å². The first kappa shape index (κ1) is 11.4. The van der Waals surface area contributed by atoms with Crippen LogP contribution in [0, 0.1) is 11.8 Å². The Morgan fingerprint density at radius 3 is 2.85 bits per heavy atom. The van der Waals surface area contributed by atoms with E-state index in [-0.39, 0.29) is 0 Å². The van der Waals surface area contributed by atoms with Gasteiger partial charge < -0.3 is 5.73 Å². The highest BCUT2D eigenvalue weighted by atomic mass is 32.1. The van der Waals surface area contributed by atoms with Gasteiger partial charge in [-0.2, -0.15) is 5.10 Å². The van der Waals surface area contributed by atoms with Crippen molar-refractivity contribution in [2.45, 2.75) is 18.8 Å². The van der Waals surface area contributed by atoms with E-state index in [1.165, 1.54) is 24.2 Å². The van der Waals surface area contributed by atoms with E-state index in [0.717, 1.165) is 21.9 Å². The molecule has 98 valence electrons. The lowest BCUT2D eigenvalue weighted by Gasteiger charge is -1.98. The van der Waals surface area contributed by atoms with Crippen molar-refractivity contribution in [3.8, 4) is 11.8 Å². The van der Waals surface area contributed by atoms with E-state index in [2.05, 4.69) is 33.0 Å². The van der Waals surface area contributed by atoms with Gasteiger partial charge in [0, 0.05) is 5.92 Å². The van der Waals surface area contributed by atoms with Crippen molar-refractivity contribution < 1.29 is 0 Å². The molecule has 2 N–H and O–H groups in total. The van der Waals surface area contributed by atoms with Gasteiger partial charge in [0.15, 0.2) is 10.8 Å². The van der Waals surface area contributed by atoms with E-state index in [4.69, 9.17) is 5.73 Å². The molecular formula is C14H11N5S. The summed E-state index contributed by atoms with van der Waals surface area (Å²) in [6, 6.07) is 4.05. The number of anilines is 1. The fraction of sp³-hybridized carbons (Fsp3) is 0.214. The third-order valence-corrected chi connectivity index (χ3v) is 3.96. The van der Waals surface area contributed by atoms with Gasteiger partial charge in [0.1, 0.15) is 5.69 Å². The molecule has 0 radical (unpaired) electrons. The molecule has 20 heavy (non-hydrogen) atoms. The van der Waals surface area contributed by atoms with Crippen LogP contribution >= 0.6 is 11.3 Å². The van der Waals surface area contributed by atoms with Crippen molar-refractivity contribution in [3.05, 3.63) is 40.8 Å². The van der Waals surface area contributed by atoms with Gasteiger partial charge in [-0.05, 0) is 36.8 Å². The zero-order valence-corrected chi connectivity index (χ0v) is 11.4. The summed E-state index contributed by atoms with van der Waals surface area (Å²) in [5.74, 6) is 6.75. The predicted molar refractivity (Wildman–Crippen MR) is 77.5 cm³/mol. The molecule has 0 saturated heterocycles. The summed E-state index contributed by atoms with van der Waals surface area (Å²) >= 11 is 1.38. The van der Waals surface area contributed by atoms with Gasteiger partial charge in [0.05, 0.1) is 23.0 Å². The monoisotopic (exact) mass is 281 g/mol. The lowest BCUT2D eigenvalue weighted by atomic mass is 10.3. The molecule has 3 aromatic heterocycles. The molecule has 0 atom stereocenters. The Bertz CT molecular complexity index is 847. The Kier molecular flexibility index (Phi) is 2.47. The fourth-order valence-corrected chi connectivity index (χ4v) is 2.58. The number of nitrogens with zero attached hydrogens (tertiary/aromatic N) is 4. The largest absolute Gasteiger partial charge is 0.375 e. The summed E-state index contributed by atoms with van der Waals surface area (Å²) in [6.07, 6.45) is 5.89. The number of fused-ring (bicyclic) bond motifs is 1. The Balaban J connectivity index is 1.75. The molecule has 0 bridgehead atoms. The number of nitrogen functional groups attached to an aromatic ring is 1. The summed E-state index contributed by atoms with van der Waals surface area (Å²) in [6.45, 7) is 0. The SMILES string of the molecule is Nc1ncc(C#Cc2cnc3ccc(C4CC4)nn23)s1. The summed E-state index contributed by atoms with van der Waals surface area (Å²) in [5.41, 5.74) is 8.32. The third-order valence-electron chi connectivity index (χ3n) is 3.22. The number of hydrogen-bond donors (Lipinski definition) is 1. The molecule has 0 aliphatic heterocycles. The Morgan fingerprint density at radius 1 is 1.20 bits per heavy atom. The number of hydrogen-bond acceptors (Lipinski definition) is 5. The molecule has 1 fully saturated rings. The highest BCUT2D eigenvalue weighted by Crippen LogP contribution is 2.38. The molecule has 0 spiro atoms. The van der Waals surface area contributed by atoms with Crippen molar-refractivity contribution >= 4 is 22.1 Å². The summed E-state index contributed by atoms with van der Waals surface area (Å²) in [7, 11) is 0. The zero-order chi connectivity index (χ0) is 13.5. The lowest BCUT2D eigenvalue weighted by molar-refractivity contribution is 0.848. The van der Waals surface area contributed by atoms with Crippen LogP contribution in [-0.2, 0) is 0 Å². The number of thiazole rings is 1. The van der Waals surface area contributed by atoms with Crippen molar-refractivity contribution in [3.63, 3.8) is 0 Å². The van der Waals surface area contributed by atoms with E-state index in [1.54, 1.807) is 12.4 Å². The minimum absolute atomic E-state index is 0.529. The maximum atomic E-state index is 5.59. The second-order valence-electron chi connectivity index (χ2n) is 4.76. The van der Waals surface area contributed by atoms with Gasteiger partial charge in [-0.25, -0.2) is 14.5 Å². The number of rotatable bonds is 1. The van der Waals surface area contributed by atoms with Crippen LogP contribution in [0.5, 0.6) is 0 Å². The van der Waals surface area contributed by atoms with Gasteiger partial charge in [0.2, 0.25) is 0 Å². The normalized spacial score (nSPS) is 14.2. The first-order valence-corrected chi connectivity index (χ1v) is 7.19. The first-order valence-electron chi connectivity index (χ1n) is 6.37. The Morgan fingerprint density at radius 2 is 2.10 bits per heavy atom. The number of aromatic nitrogens is 4. The standard InChI is InChI=1S/C14H11N5S/c15-14-17-8-11(20-14)4-3-10-7-16-13-6-5-12(9-1-2-9)18-19(10)13/h5-9H,1-2H2,(H2,15,17). The third kappa shape index (κ3) is 2.02. The van der Waals surface area contributed by atoms with Crippen LogP contribution < -0.4 is 5.73 Å². The van der Waals surface area contributed by atoms with Crippen LogP contribution in [0.1, 0.15) is 35.0 Å². The second-order valence-corrected chi connectivity index (χ2v) is 5.82. The van der Waals surface area contributed by atoms with Crippen molar-refractivity contribution in [1.29, 1.82) is 0 Å². The Hall–Kier alpha value is -2.39. The predicted octanol–water partition coefficient (Wildman–Crippen LogP) is 2.05. The molecule has 0 unspecified atom stereocenters. The number of nitrogens with two attached hydrogens (primary N) is 1. The Labute approximate surface area is 119 Å². The van der Waals surface area contributed by atoms with E-state index < -0.39 is 0 Å². The van der Waals surface area contributed by atoms with Gasteiger partial charge in [-0.1, -0.05) is 11.3 Å². The average Bonchev–Trinajstić information content (AvgIpc) is 3.11. The summed E-state index contributed by atoms with van der Waals surface area (Å²) in [5, 5.41) is 5.16. The van der Waals surface area contributed by atoms with E-state index in [9.17, 15) is 0 Å². The minimum atomic E-state index is 0.529. The van der Waals surface area contributed by atoms with Crippen LogP contribution in [0.2, 0.25) is 0 Å². The van der Waals surface area contributed by atoms with Gasteiger partial charge in [-0.3, -0.25) is 0 Å². The molecular weight excluding hydrogens is 270 g/mol. The highest BCUT2D eigenvalue weighted by molar-refractivity contribution is 7.15. The molecule has 3 aromatic rings. The molecule has 4 rings (SSSR count). The maximum Gasteiger partial charge on any atom is 0.181 e. The van der Waals surface area contributed by atoms with Crippen LogP contribution in [0.25, 0.3) is 5.65 Å². The molecule has 0 aromatic carbocycles. The van der Waals surface area contributed by atoms with Crippen LogP contribution in [0.3, 0.4) is 0 Å². The van der Waals surface area contributed by atoms with Gasteiger partial charge >= 0.3 is 0 Å². The molecule has 3 heterocycles. The lowest BCUT2D eigenvalue weighted by Crippen LogP contribution is -1.98. The molecule has 6 heteroatoms. The van der Waals surface area contributed by atoms with Crippen molar-refractivity contribution in [2.75, 3.05) is 5.73 Å². The van der Waals surface area contributed by atoms with Crippen molar-refractivity contribution in [1.82, 2.24) is 19.6 Å². The first-order chi connectivity index (χ1) is 9.79. The quantitative estimate of drug-likeness (QED) is 0.693. The summed E-state index contributed by atoms with van der Waals surface area (Å²) in [4.78, 5) is 9.14. The average molecular weight is 281 g/mol. The molecule has 0 amide bonds. The van der Waals surface area contributed by atoms with Crippen molar-refractivity contribution in [2.24, 2.45) is 0 Å². The van der Waals surface area contributed by atoms with E-state index in [1.807, 2.05) is 10.6 Å². The molecule has 1 saturated carbocycles. The molecule has 1 aliphatic rings. The second kappa shape index (κ2) is 4.32. The van der Waals surface area contributed by atoms with Crippen LogP contribution in [-0.4, -0.2) is 19.6 Å². The minimum Gasteiger partial charge on any atom is -0.375 e. The summed E-state index contributed by atoms with van der Waals surface area (Å²) < 4.78 is 1.81. The van der Waals surface area contributed by atoms with E-state index in [0.29, 0.717) is 11.0 Å². The number of imidazole rings is 1. The highest BCUT2D eigenvalue weighted by Gasteiger charge is 2.25. The maximum absolute atomic E-state index is 5.59. The van der Waals surface area contributed by atoms with Gasteiger partial charge in [-0.15, -0.1) is 0 Å². The topological polar surface area (TPSA) is 69.1 Å². The molecule has 1 aliphatic carbocycles. The van der Waals surface area contributed by atoms with Crippen LogP contribution in [0.4, 0.5) is 5.13 Å². The smallest absolute Gasteiger partial charge is 0.181 e. The van der Waals surface area contributed by atoms with Crippen LogP contribution in [0.15, 0.2) is 24.5 Å². The zero-order valence-electron chi connectivity index (χ0n) is 10.6. The fourth-order valence-electron chi connectivity index (χ4n) is 2.04. The molecule has 5 nitrogen and oxygen atoms in total. The van der Waals surface area contributed by atoms with E-state index >= 15 is 0 Å².